The van der Waals surface area contributed by atoms with Gasteiger partial charge in [0.25, 0.3) is 5.91 Å². The van der Waals surface area contributed by atoms with E-state index in [1.165, 1.54) is 31.5 Å². The Balaban J connectivity index is 2.25. The number of nitrogens with one attached hydrogen (secondary N) is 1. The van der Waals surface area contributed by atoms with Crippen LogP contribution in [-0.4, -0.2) is 31.7 Å². The van der Waals surface area contributed by atoms with Gasteiger partial charge in [-0.3, -0.25) is 4.79 Å². The first-order chi connectivity index (χ1) is 9.90. The molecular formula is C12H10Cl2N4O3. The highest BCUT2D eigenvalue weighted by atomic mass is 35.5. The largest absolute Gasteiger partial charge is 0.480 e. The van der Waals surface area contributed by atoms with Crippen molar-refractivity contribution in [2.24, 2.45) is 0 Å². The Kier molecular flexibility index (Phi) is 4.44. The van der Waals surface area contributed by atoms with Crippen molar-refractivity contribution < 1.29 is 14.7 Å². The maximum absolute atomic E-state index is 12.2. The van der Waals surface area contributed by atoms with E-state index in [4.69, 9.17) is 28.3 Å². The molecule has 2 rings (SSSR count). The number of carbonyl (C=O) groups is 2. The van der Waals surface area contributed by atoms with E-state index in [9.17, 15) is 9.59 Å². The molecule has 0 aliphatic heterocycles. The monoisotopic (exact) mass is 328 g/mol. The number of aliphatic carboxylic acids is 1. The Hall–Kier alpha value is -2.12. The number of anilines is 1. The number of carboxylic acid groups (broad SMARTS) is 1. The quantitative estimate of drug-likeness (QED) is 0.898. The number of nitrogens with zero attached hydrogens (tertiary/aromatic N) is 3. The number of hydrogen-bond donors (Lipinski definition) is 2. The molecule has 2 aromatic heterocycles. The molecule has 0 saturated heterocycles. The van der Waals surface area contributed by atoms with Gasteiger partial charge in [0.05, 0.1) is 10.0 Å². The van der Waals surface area contributed by atoms with Crippen molar-refractivity contribution in [1.29, 1.82) is 0 Å². The van der Waals surface area contributed by atoms with Gasteiger partial charge >= 0.3 is 5.97 Å². The van der Waals surface area contributed by atoms with Gasteiger partial charge in [0.15, 0.2) is 5.82 Å². The SMILES string of the molecule is CC(C(=O)O)n1nccc1C(=O)Nc1ncc(Cl)cc1Cl. The van der Waals surface area contributed by atoms with Crippen molar-refractivity contribution in [2.45, 2.75) is 13.0 Å². The van der Waals surface area contributed by atoms with E-state index in [2.05, 4.69) is 15.4 Å². The highest BCUT2D eigenvalue weighted by Crippen LogP contribution is 2.23. The first-order valence-electron chi connectivity index (χ1n) is 5.79. The van der Waals surface area contributed by atoms with Gasteiger partial charge in [-0.05, 0) is 19.1 Å². The smallest absolute Gasteiger partial charge is 0.328 e. The predicted molar refractivity (Wildman–Crippen MR) is 76.8 cm³/mol. The summed E-state index contributed by atoms with van der Waals surface area (Å²) in [6.45, 7) is 1.42. The molecule has 0 fully saturated rings. The lowest BCUT2D eigenvalue weighted by atomic mass is 10.3. The average molecular weight is 329 g/mol. The zero-order chi connectivity index (χ0) is 15.6. The van der Waals surface area contributed by atoms with Crippen molar-refractivity contribution in [2.75, 3.05) is 5.32 Å². The molecule has 7 nitrogen and oxygen atoms in total. The van der Waals surface area contributed by atoms with E-state index in [1.54, 1.807) is 0 Å². The van der Waals surface area contributed by atoms with E-state index in [0.29, 0.717) is 5.02 Å². The van der Waals surface area contributed by atoms with E-state index in [1.807, 2.05) is 0 Å². The number of pyridine rings is 1. The summed E-state index contributed by atoms with van der Waals surface area (Å²) in [5, 5.41) is 15.8. The minimum atomic E-state index is -1.10. The highest BCUT2D eigenvalue weighted by Gasteiger charge is 2.21. The predicted octanol–water partition coefficient (Wildman–Crippen LogP) is 2.48. The highest BCUT2D eigenvalue weighted by molar-refractivity contribution is 6.36. The summed E-state index contributed by atoms with van der Waals surface area (Å²) < 4.78 is 1.10. The minimum absolute atomic E-state index is 0.0812. The number of amides is 1. The van der Waals surface area contributed by atoms with Crippen LogP contribution < -0.4 is 5.32 Å². The second-order valence-corrected chi connectivity index (χ2v) is 4.96. The summed E-state index contributed by atoms with van der Waals surface area (Å²) in [5.74, 6) is -1.55. The molecule has 0 saturated carbocycles. The van der Waals surface area contributed by atoms with Gasteiger partial charge in [0.2, 0.25) is 0 Å². The summed E-state index contributed by atoms with van der Waals surface area (Å²) in [4.78, 5) is 27.0. The molecule has 110 valence electrons. The molecule has 9 heteroatoms. The van der Waals surface area contributed by atoms with Crippen LogP contribution in [0.3, 0.4) is 0 Å². The van der Waals surface area contributed by atoms with Crippen LogP contribution in [0.1, 0.15) is 23.5 Å². The van der Waals surface area contributed by atoms with Crippen LogP contribution in [0, 0.1) is 0 Å². The Morgan fingerprint density at radius 1 is 1.43 bits per heavy atom. The van der Waals surface area contributed by atoms with Gasteiger partial charge < -0.3 is 10.4 Å². The molecule has 21 heavy (non-hydrogen) atoms. The zero-order valence-corrected chi connectivity index (χ0v) is 12.3. The van der Waals surface area contributed by atoms with Gasteiger partial charge in [0.1, 0.15) is 11.7 Å². The third-order valence-electron chi connectivity index (χ3n) is 2.67. The molecule has 0 aliphatic carbocycles. The Morgan fingerprint density at radius 2 is 2.14 bits per heavy atom. The van der Waals surface area contributed by atoms with Gasteiger partial charge in [0, 0.05) is 12.4 Å². The number of carbonyl (C=O) groups excluding carboxylic acids is 1. The topological polar surface area (TPSA) is 97.1 Å². The second-order valence-electron chi connectivity index (χ2n) is 4.11. The number of carboxylic acids is 1. The lowest BCUT2D eigenvalue weighted by Crippen LogP contribution is -2.24. The van der Waals surface area contributed by atoms with Crippen LogP contribution in [0.2, 0.25) is 10.0 Å². The number of aromatic nitrogens is 3. The van der Waals surface area contributed by atoms with E-state index >= 15 is 0 Å². The summed E-state index contributed by atoms with van der Waals surface area (Å²) in [7, 11) is 0. The molecule has 0 spiro atoms. The van der Waals surface area contributed by atoms with Gasteiger partial charge in [-0.1, -0.05) is 23.2 Å². The normalized spacial score (nSPS) is 12.0. The first kappa shape index (κ1) is 15.3. The van der Waals surface area contributed by atoms with Crippen LogP contribution in [-0.2, 0) is 4.79 Å². The van der Waals surface area contributed by atoms with Crippen LogP contribution in [0.5, 0.6) is 0 Å². The Labute approximate surface area is 129 Å². The van der Waals surface area contributed by atoms with Gasteiger partial charge in [-0.2, -0.15) is 5.10 Å². The van der Waals surface area contributed by atoms with Crippen molar-refractivity contribution >= 4 is 40.9 Å². The Bertz CT molecular complexity index is 702. The molecule has 0 aliphatic rings. The number of hydrogen-bond acceptors (Lipinski definition) is 4. The fraction of sp³-hybridized carbons (Fsp3) is 0.167. The molecule has 2 N–H and O–H groups in total. The maximum atomic E-state index is 12.2. The third kappa shape index (κ3) is 3.32. The van der Waals surface area contributed by atoms with Crippen LogP contribution in [0.25, 0.3) is 0 Å². The minimum Gasteiger partial charge on any atom is -0.480 e. The molecule has 0 aromatic carbocycles. The maximum Gasteiger partial charge on any atom is 0.328 e. The number of rotatable bonds is 4. The molecule has 2 aromatic rings. The van der Waals surface area contributed by atoms with Crippen LogP contribution in [0.15, 0.2) is 24.5 Å². The summed E-state index contributed by atoms with van der Waals surface area (Å²) >= 11 is 11.6. The molecular weight excluding hydrogens is 319 g/mol. The Morgan fingerprint density at radius 3 is 2.76 bits per heavy atom. The molecule has 1 unspecified atom stereocenters. The summed E-state index contributed by atoms with van der Waals surface area (Å²) in [6, 6.07) is 1.86. The van der Waals surface area contributed by atoms with E-state index < -0.39 is 17.9 Å². The average Bonchev–Trinajstić information content (AvgIpc) is 2.90. The van der Waals surface area contributed by atoms with E-state index in [0.717, 1.165) is 4.68 Å². The van der Waals surface area contributed by atoms with Gasteiger partial charge in [-0.25, -0.2) is 14.5 Å². The fourth-order valence-corrected chi connectivity index (χ4v) is 2.01. The second kappa shape index (κ2) is 6.11. The molecule has 1 amide bonds. The van der Waals surface area contributed by atoms with Crippen molar-refractivity contribution in [3.8, 4) is 0 Å². The van der Waals surface area contributed by atoms with Crippen molar-refractivity contribution in [3.05, 3.63) is 40.3 Å². The molecule has 2 heterocycles. The lowest BCUT2D eigenvalue weighted by molar-refractivity contribution is -0.140. The first-order valence-corrected chi connectivity index (χ1v) is 6.54. The number of halogens is 2. The van der Waals surface area contributed by atoms with Gasteiger partial charge in [-0.15, -0.1) is 0 Å². The zero-order valence-electron chi connectivity index (χ0n) is 10.7. The molecule has 1 atom stereocenters. The van der Waals surface area contributed by atoms with Crippen molar-refractivity contribution in [1.82, 2.24) is 14.8 Å². The third-order valence-corrected chi connectivity index (χ3v) is 3.16. The van der Waals surface area contributed by atoms with Crippen molar-refractivity contribution in [3.63, 3.8) is 0 Å². The van der Waals surface area contributed by atoms with Crippen LogP contribution in [0.4, 0.5) is 5.82 Å². The lowest BCUT2D eigenvalue weighted by Gasteiger charge is -2.11. The fourth-order valence-electron chi connectivity index (χ4n) is 1.59. The standard InChI is InChI=1S/C12H10Cl2N4O3/c1-6(12(20)21)18-9(2-3-16-18)11(19)17-10-8(14)4-7(13)5-15-10/h2-6H,1H3,(H,20,21)(H,15,17,19). The summed E-state index contributed by atoms with van der Waals surface area (Å²) in [6.07, 6.45) is 2.67. The van der Waals surface area contributed by atoms with E-state index in [-0.39, 0.29) is 16.5 Å². The van der Waals surface area contributed by atoms with Crippen LogP contribution >= 0.6 is 23.2 Å². The molecule has 0 bridgehead atoms. The summed E-state index contributed by atoms with van der Waals surface area (Å²) in [5.41, 5.74) is 0.0812. The molecule has 0 radical (unpaired) electrons.